The van der Waals surface area contributed by atoms with Gasteiger partial charge in [0.2, 0.25) is 5.91 Å². The number of ether oxygens (including phenoxy) is 1. The highest BCUT2D eigenvalue weighted by Crippen LogP contribution is 2.41. The molecule has 1 unspecified atom stereocenters. The number of Topliss-reactive ketones (excluding diaryl/α,β-unsaturated/α-hetero) is 1. The normalized spacial score (nSPS) is 15.1. The number of fused-ring (bicyclic) bond motifs is 1. The second-order valence-corrected chi connectivity index (χ2v) is 8.75. The minimum atomic E-state index is -0.189. The first-order chi connectivity index (χ1) is 14.9. The summed E-state index contributed by atoms with van der Waals surface area (Å²) in [5.74, 6) is 0.525. The van der Waals surface area contributed by atoms with Crippen molar-refractivity contribution in [2.24, 2.45) is 0 Å². The van der Waals surface area contributed by atoms with Crippen LogP contribution < -0.4 is 10.1 Å². The quantitative estimate of drug-likeness (QED) is 0.416. The van der Waals surface area contributed by atoms with E-state index in [1.807, 2.05) is 41.9 Å². The molecule has 4 rings (SSSR count). The summed E-state index contributed by atoms with van der Waals surface area (Å²) in [5, 5.41) is 7.59. The molecule has 0 saturated carbocycles. The third kappa shape index (κ3) is 4.73. The van der Waals surface area contributed by atoms with Crippen molar-refractivity contribution >= 4 is 40.7 Å². The molecule has 0 aliphatic carbocycles. The number of carbonyl (C=O) groups is 2. The van der Waals surface area contributed by atoms with Gasteiger partial charge in [0.1, 0.15) is 11.9 Å². The molecular formula is C23H22ClN3O3S. The Labute approximate surface area is 189 Å². The Kier molecular flexibility index (Phi) is 6.25. The van der Waals surface area contributed by atoms with Crippen molar-refractivity contribution in [3.8, 4) is 16.2 Å². The molecular weight excluding hydrogens is 434 g/mol. The van der Waals surface area contributed by atoms with Crippen LogP contribution in [-0.2, 0) is 17.8 Å². The highest BCUT2D eigenvalue weighted by molar-refractivity contribution is 7.17. The molecule has 8 heteroatoms. The molecule has 1 aliphatic rings. The van der Waals surface area contributed by atoms with E-state index >= 15 is 0 Å². The van der Waals surface area contributed by atoms with E-state index in [1.54, 1.807) is 19.2 Å². The van der Waals surface area contributed by atoms with Crippen molar-refractivity contribution in [2.75, 3.05) is 6.54 Å². The highest BCUT2D eigenvalue weighted by Gasteiger charge is 2.26. The number of nitrogens with one attached hydrogen (secondary N) is 1. The number of nitrogens with zero attached hydrogens (tertiary/aromatic N) is 2. The van der Waals surface area contributed by atoms with Crippen LogP contribution in [0.15, 0.2) is 42.6 Å². The molecule has 1 aliphatic heterocycles. The zero-order valence-corrected chi connectivity index (χ0v) is 18.8. The minimum Gasteiger partial charge on any atom is -0.486 e. The van der Waals surface area contributed by atoms with Crippen molar-refractivity contribution in [3.63, 3.8) is 0 Å². The summed E-state index contributed by atoms with van der Waals surface area (Å²) in [6.45, 7) is 4.68. The van der Waals surface area contributed by atoms with E-state index < -0.39 is 0 Å². The first kappa shape index (κ1) is 21.3. The summed E-state index contributed by atoms with van der Waals surface area (Å²) in [6.07, 6.45) is 5.42. The van der Waals surface area contributed by atoms with Gasteiger partial charge in [-0.05, 0) is 55.8 Å². The van der Waals surface area contributed by atoms with Crippen LogP contribution in [0.2, 0.25) is 5.02 Å². The van der Waals surface area contributed by atoms with E-state index in [4.69, 9.17) is 16.3 Å². The zero-order chi connectivity index (χ0) is 22.0. The smallest absolute Gasteiger partial charge is 0.244 e. The van der Waals surface area contributed by atoms with Crippen LogP contribution in [0.3, 0.4) is 0 Å². The number of halogens is 1. The van der Waals surface area contributed by atoms with Gasteiger partial charge in [0, 0.05) is 35.7 Å². The number of hydrogen-bond acceptors (Lipinski definition) is 5. The Morgan fingerprint density at radius 2 is 2.19 bits per heavy atom. The fraction of sp³-hybridized carbons (Fsp3) is 0.261. The number of aryl methyl sites for hydroxylation is 1. The van der Waals surface area contributed by atoms with E-state index in [0.717, 1.165) is 33.1 Å². The number of aromatic nitrogens is 2. The molecule has 31 heavy (non-hydrogen) atoms. The summed E-state index contributed by atoms with van der Waals surface area (Å²) in [5.41, 5.74) is 2.84. The molecule has 0 fully saturated rings. The Balaban J connectivity index is 1.38. The SMILES string of the molecule is CCn1nccc1C=CC(=O)NCC1Cc2cc(-c3ccc(C(C)=O)s3)cc(Cl)c2O1. The summed E-state index contributed by atoms with van der Waals surface area (Å²) in [4.78, 5) is 25.5. The lowest BCUT2D eigenvalue weighted by Crippen LogP contribution is -2.33. The number of amides is 1. The van der Waals surface area contributed by atoms with Gasteiger partial charge in [-0.1, -0.05) is 11.6 Å². The van der Waals surface area contributed by atoms with Gasteiger partial charge in [0.15, 0.2) is 5.78 Å². The molecule has 0 radical (unpaired) electrons. The number of benzene rings is 1. The van der Waals surface area contributed by atoms with Gasteiger partial charge in [0.25, 0.3) is 0 Å². The van der Waals surface area contributed by atoms with Crippen LogP contribution in [0, 0.1) is 0 Å². The van der Waals surface area contributed by atoms with Crippen molar-refractivity contribution in [2.45, 2.75) is 32.9 Å². The van der Waals surface area contributed by atoms with Gasteiger partial charge >= 0.3 is 0 Å². The van der Waals surface area contributed by atoms with Gasteiger partial charge in [0.05, 0.1) is 22.1 Å². The first-order valence-electron chi connectivity index (χ1n) is 10.0. The molecule has 1 aromatic carbocycles. The Bertz CT molecular complexity index is 1160. The average Bonchev–Trinajstić information content (AvgIpc) is 3.49. The molecule has 0 spiro atoms. The molecule has 0 bridgehead atoms. The van der Waals surface area contributed by atoms with E-state index in [0.29, 0.717) is 23.7 Å². The van der Waals surface area contributed by atoms with Gasteiger partial charge in [-0.15, -0.1) is 11.3 Å². The summed E-state index contributed by atoms with van der Waals surface area (Å²) < 4.78 is 7.79. The standard InChI is InChI=1S/C23H22ClN3O3S/c1-3-27-17(8-9-26-27)4-7-22(29)25-13-18-11-16-10-15(12-19(24)23(16)30-18)21-6-5-20(31-21)14(2)28/h4-10,12,18H,3,11,13H2,1-2H3,(H,25,29). The summed E-state index contributed by atoms with van der Waals surface area (Å²) >= 11 is 7.91. The Hall–Kier alpha value is -2.90. The number of ketones is 1. The zero-order valence-electron chi connectivity index (χ0n) is 17.2. The fourth-order valence-electron chi connectivity index (χ4n) is 3.51. The van der Waals surface area contributed by atoms with E-state index in [1.165, 1.54) is 17.4 Å². The van der Waals surface area contributed by atoms with Crippen molar-refractivity contribution in [3.05, 3.63) is 63.8 Å². The first-order valence-corrected chi connectivity index (χ1v) is 11.2. The highest BCUT2D eigenvalue weighted by atomic mass is 35.5. The maximum atomic E-state index is 12.2. The largest absolute Gasteiger partial charge is 0.486 e. The second kappa shape index (κ2) is 9.08. The molecule has 3 heterocycles. The number of thiophene rings is 1. The lowest BCUT2D eigenvalue weighted by atomic mass is 10.1. The summed E-state index contributed by atoms with van der Waals surface area (Å²) in [6, 6.07) is 9.53. The molecule has 1 N–H and O–H groups in total. The molecule has 160 valence electrons. The number of carbonyl (C=O) groups excluding carboxylic acids is 2. The lowest BCUT2D eigenvalue weighted by Gasteiger charge is -2.11. The maximum Gasteiger partial charge on any atom is 0.244 e. The van der Waals surface area contributed by atoms with Crippen LogP contribution in [0.25, 0.3) is 16.5 Å². The predicted molar refractivity (Wildman–Crippen MR) is 123 cm³/mol. The number of rotatable bonds is 7. The third-order valence-corrected chi connectivity index (χ3v) is 6.56. The van der Waals surface area contributed by atoms with Gasteiger partial charge < -0.3 is 10.1 Å². The number of hydrogen-bond donors (Lipinski definition) is 1. The second-order valence-electron chi connectivity index (χ2n) is 7.26. The predicted octanol–water partition coefficient (Wildman–Crippen LogP) is 4.62. The van der Waals surface area contributed by atoms with Crippen LogP contribution in [-0.4, -0.2) is 34.1 Å². The van der Waals surface area contributed by atoms with Crippen LogP contribution in [0.4, 0.5) is 0 Å². The van der Waals surface area contributed by atoms with Crippen LogP contribution >= 0.6 is 22.9 Å². The lowest BCUT2D eigenvalue weighted by molar-refractivity contribution is -0.116. The maximum absolute atomic E-state index is 12.2. The Morgan fingerprint density at radius 1 is 1.35 bits per heavy atom. The van der Waals surface area contributed by atoms with Crippen LogP contribution in [0.1, 0.15) is 34.8 Å². The van der Waals surface area contributed by atoms with E-state index in [9.17, 15) is 9.59 Å². The summed E-state index contributed by atoms with van der Waals surface area (Å²) in [7, 11) is 0. The average molecular weight is 456 g/mol. The monoisotopic (exact) mass is 455 g/mol. The van der Waals surface area contributed by atoms with Crippen molar-refractivity contribution < 1.29 is 14.3 Å². The third-order valence-electron chi connectivity index (χ3n) is 5.05. The van der Waals surface area contributed by atoms with E-state index in [2.05, 4.69) is 10.4 Å². The molecule has 3 aromatic rings. The molecule has 1 atom stereocenters. The van der Waals surface area contributed by atoms with Crippen LogP contribution in [0.5, 0.6) is 5.75 Å². The Morgan fingerprint density at radius 3 is 2.94 bits per heavy atom. The van der Waals surface area contributed by atoms with Gasteiger partial charge in [-0.3, -0.25) is 14.3 Å². The fourth-order valence-corrected chi connectivity index (χ4v) is 4.68. The topological polar surface area (TPSA) is 73.2 Å². The minimum absolute atomic E-state index is 0.0517. The molecule has 1 amide bonds. The van der Waals surface area contributed by atoms with Crippen molar-refractivity contribution in [1.29, 1.82) is 0 Å². The molecule has 0 saturated heterocycles. The molecule has 2 aromatic heterocycles. The molecule has 6 nitrogen and oxygen atoms in total. The van der Waals surface area contributed by atoms with Gasteiger partial charge in [-0.2, -0.15) is 5.10 Å². The van der Waals surface area contributed by atoms with Gasteiger partial charge in [-0.25, -0.2) is 0 Å². The van der Waals surface area contributed by atoms with Crippen molar-refractivity contribution in [1.82, 2.24) is 15.1 Å². The van der Waals surface area contributed by atoms with E-state index in [-0.39, 0.29) is 17.8 Å².